The first-order valence-corrected chi connectivity index (χ1v) is 9.08. The van der Waals surface area contributed by atoms with E-state index in [1.165, 1.54) is 0 Å². The molecule has 118 valence electrons. The van der Waals surface area contributed by atoms with E-state index in [-0.39, 0.29) is 6.04 Å². The lowest BCUT2D eigenvalue weighted by Crippen LogP contribution is -2.43. The van der Waals surface area contributed by atoms with E-state index in [0.717, 1.165) is 36.0 Å². The molecule has 1 aromatic carbocycles. The third-order valence-corrected chi connectivity index (χ3v) is 5.95. The van der Waals surface area contributed by atoms with Crippen molar-refractivity contribution in [3.63, 3.8) is 0 Å². The van der Waals surface area contributed by atoms with E-state index in [2.05, 4.69) is 4.72 Å². The van der Waals surface area contributed by atoms with Gasteiger partial charge in [0.15, 0.2) is 0 Å². The number of hydrogen-bond donors (Lipinski definition) is 2. The Bertz CT molecular complexity index is 587. The second-order valence-electron chi connectivity index (χ2n) is 6.16. The Morgan fingerprint density at radius 1 is 1.05 bits per heavy atom. The Morgan fingerprint density at radius 2 is 1.62 bits per heavy atom. The summed E-state index contributed by atoms with van der Waals surface area (Å²) in [5.74, 6) is 0. The molecule has 2 N–H and O–H groups in total. The zero-order chi connectivity index (χ0) is 15.6. The standard InChI is InChI=1S/C16H25NO3S/c1-11-9-12(2)16(13(3)10-11)21(19,20)17-14-7-5-4-6-8-15(14)18/h9-10,14-15,17-18H,4-8H2,1-3H3. The molecule has 0 radical (unpaired) electrons. The van der Waals surface area contributed by atoms with E-state index >= 15 is 0 Å². The highest BCUT2D eigenvalue weighted by molar-refractivity contribution is 7.89. The van der Waals surface area contributed by atoms with E-state index in [1.54, 1.807) is 0 Å². The van der Waals surface area contributed by atoms with Crippen molar-refractivity contribution in [2.75, 3.05) is 0 Å². The van der Waals surface area contributed by atoms with Gasteiger partial charge in [-0.05, 0) is 44.7 Å². The fourth-order valence-electron chi connectivity index (χ4n) is 3.27. The van der Waals surface area contributed by atoms with Crippen molar-refractivity contribution in [1.29, 1.82) is 0 Å². The molecule has 4 nitrogen and oxygen atoms in total. The van der Waals surface area contributed by atoms with Gasteiger partial charge in [0.2, 0.25) is 10.0 Å². The second kappa shape index (κ2) is 6.46. The molecule has 0 aromatic heterocycles. The first-order chi connectivity index (χ1) is 9.81. The quantitative estimate of drug-likeness (QED) is 0.843. The van der Waals surface area contributed by atoms with Crippen LogP contribution in [0.15, 0.2) is 17.0 Å². The van der Waals surface area contributed by atoms with E-state index in [0.29, 0.717) is 17.7 Å². The van der Waals surface area contributed by atoms with Crippen LogP contribution in [-0.4, -0.2) is 25.7 Å². The highest BCUT2D eigenvalue weighted by Gasteiger charge is 2.28. The van der Waals surface area contributed by atoms with Gasteiger partial charge in [-0.2, -0.15) is 0 Å². The highest BCUT2D eigenvalue weighted by atomic mass is 32.2. The molecule has 1 fully saturated rings. The number of benzene rings is 1. The van der Waals surface area contributed by atoms with Gasteiger partial charge in [0, 0.05) is 6.04 Å². The molecule has 0 spiro atoms. The molecular weight excluding hydrogens is 286 g/mol. The van der Waals surface area contributed by atoms with Crippen LogP contribution >= 0.6 is 0 Å². The van der Waals surface area contributed by atoms with Crippen molar-refractivity contribution in [2.45, 2.75) is 69.9 Å². The largest absolute Gasteiger partial charge is 0.391 e. The Hall–Kier alpha value is -0.910. The topological polar surface area (TPSA) is 66.4 Å². The minimum atomic E-state index is -3.60. The zero-order valence-electron chi connectivity index (χ0n) is 13.0. The molecule has 2 unspecified atom stereocenters. The average molecular weight is 311 g/mol. The van der Waals surface area contributed by atoms with Crippen molar-refractivity contribution in [3.05, 3.63) is 28.8 Å². The fraction of sp³-hybridized carbons (Fsp3) is 0.625. The molecule has 2 atom stereocenters. The normalized spacial score (nSPS) is 23.8. The van der Waals surface area contributed by atoms with Crippen molar-refractivity contribution in [2.24, 2.45) is 0 Å². The first-order valence-electron chi connectivity index (χ1n) is 7.59. The van der Waals surface area contributed by atoms with Gasteiger partial charge in [-0.1, -0.05) is 37.0 Å². The molecule has 0 heterocycles. The number of nitrogens with one attached hydrogen (secondary N) is 1. The summed E-state index contributed by atoms with van der Waals surface area (Å²) in [6.07, 6.45) is 3.74. The van der Waals surface area contributed by atoms with Crippen LogP contribution in [0.4, 0.5) is 0 Å². The van der Waals surface area contributed by atoms with Crippen LogP contribution in [0.3, 0.4) is 0 Å². The second-order valence-corrected chi connectivity index (χ2v) is 7.81. The minimum Gasteiger partial charge on any atom is -0.391 e. The lowest BCUT2D eigenvalue weighted by atomic mass is 10.1. The Morgan fingerprint density at radius 3 is 2.24 bits per heavy atom. The van der Waals surface area contributed by atoms with Crippen LogP contribution in [0.25, 0.3) is 0 Å². The summed E-state index contributed by atoms with van der Waals surface area (Å²) in [7, 11) is -3.60. The molecule has 5 heteroatoms. The summed E-state index contributed by atoms with van der Waals surface area (Å²) in [6.45, 7) is 5.59. The Balaban J connectivity index is 2.30. The van der Waals surface area contributed by atoms with Gasteiger partial charge in [0.05, 0.1) is 11.0 Å². The molecule has 1 aromatic rings. The third kappa shape index (κ3) is 3.84. The van der Waals surface area contributed by atoms with Crippen LogP contribution in [0, 0.1) is 20.8 Å². The summed E-state index contributed by atoms with van der Waals surface area (Å²) >= 11 is 0. The lowest BCUT2D eigenvalue weighted by Gasteiger charge is -2.23. The van der Waals surface area contributed by atoms with Crippen LogP contribution < -0.4 is 4.72 Å². The Kier molecular flexibility index (Phi) is 5.07. The van der Waals surface area contributed by atoms with Crippen molar-refractivity contribution >= 4 is 10.0 Å². The molecular formula is C16H25NO3S. The summed E-state index contributed by atoms with van der Waals surface area (Å²) < 4.78 is 28.1. The van der Waals surface area contributed by atoms with Crippen LogP contribution in [0.5, 0.6) is 0 Å². The van der Waals surface area contributed by atoms with E-state index in [4.69, 9.17) is 0 Å². The monoisotopic (exact) mass is 311 g/mol. The number of hydrogen-bond acceptors (Lipinski definition) is 3. The average Bonchev–Trinajstić information content (AvgIpc) is 2.52. The fourth-order valence-corrected chi connectivity index (χ4v) is 5.03. The van der Waals surface area contributed by atoms with E-state index in [9.17, 15) is 13.5 Å². The number of aryl methyl sites for hydroxylation is 3. The van der Waals surface area contributed by atoms with Crippen molar-refractivity contribution in [3.8, 4) is 0 Å². The Labute approximate surface area is 127 Å². The maximum absolute atomic E-state index is 12.7. The maximum Gasteiger partial charge on any atom is 0.241 e. The molecule has 0 saturated heterocycles. The number of sulfonamides is 1. The molecule has 0 aliphatic heterocycles. The van der Waals surface area contributed by atoms with E-state index < -0.39 is 16.1 Å². The summed E-state index contributed by atoms with van der Waals surface area (Å²) in [5, 5.41) is 10.1. The molecule has 0 amide bonds. The van der Waals surface area contributed by atoms with E-state index in [1.807, 2.05) is 32.9 Å². The molecule has 21 heavy (non-hydrogen) atoms. The lowest BCUT2D eigenvalue weighted by molar-refractivity contribution is 0.130. The van der Waals surface area contributed by atoms with Gasteiger partial charge in [0.1, 0.15) is 0 Å². The predicted octanol–water partition coefficient (Wildman–Crippen LogP) is 2.58. The highest BCUT2D eigenvalue weighted by Crippen LogP contribution is 2.24. The SMILES string of the molecule is Cc1cc(C)c(S(=O)(=O)NC2CCCCCC2O)c(C)c1. The van der Waals surface area contributed by atoms with Crippen LogP contribution in [0.1, 0.15) is 48.8 Å². The van der Waals surface area contributed by atoms with Gasteiger partial charge >= 0.3 is 0 Å². The number of aliphatic hydroxyl groups excluding tert-OH is 1. The molecule has 2 rings (SSSR count). The van der Waals surface area contributed by atoms with Gasteiger partial charge in [-0.3, -0.25) is 0 Å². The van der Waals surface area contributed by atoms with Crippen molar-refractivity contribution < 1.29 is 13.5 Å². The zero-order valence-corrected chi connectivity index (χ0v) is 13.8. The van der Waals surface area contributed by atoms with Gasteiger partial charge in [-0.25, -0.2) is 13.1 Å². The van der Waals surface area contributed by atoms with Crippen LogP contribution in [-0.2, 0) is 10.0 Å². The van der Waals surface area contributed by atoms with Gasteiger partial charge in [-0.15, -0.1) is 0 Å². The van der Waals surface area contributed by atoms with Crippen molar-refractivity contribution in [1.82, 2.24) is 4.72 Å². The molecule has 1 aliphatic rings. The number of aliphatic hydroxyl groups is 1. The van der Waals surface area contributed by atoms with Gasteiger partial charge in [0.25, 0.3) is 0 Å². The summed E-state index contributed by atoms with van der Waals surface area (Å²) in [5.41, 5.74) is 2.56. The number of rotatable bonds is 3. The van der Waals surface area contributed by atoms with Crippen LogP contribution in [0.2, 0.25) is 0 Å². The smallest absolute Gasteiger partial charge is 0.241 e. The first kappa shape index (κ1) is 16.5. The molecule has 1 saturated carbocycles. The maximum atomic E-state index is 12.7. The summed E-state index contributed by atoms with van der Waals surface area (Å²) in [6, 6.07) is 3.38. The molecule has 0 bridgehead atoms. The minimum absolute atomic E-state index is 0.351. The third-order valence-electron chi connectivity index (χ3n) is 4.16. The molecule has 1 aliphatic carbocycles. The van der Waals surface area contributed by atoms with Gasteiger partial charge < -0.3 is 5.11 Å². The summed E-state index contributed by atoms with van der Waals surface area (Å²) in [4.78, 5) is 0.351. The predicted molar refractivity (Wildman–Crippen MR) is 83.9 cm³/mol.